The fourth-order valence-electron chi connectivity index (χ4n) is 3.61. The van der Waals surface area contributed by atoms with Gasteiger partial charge in [-0.1, -0.05) is 20.8 Å². The van der Waals surface area contributed by atoms with Gasteiger partial charge in [-0.05, 0) is 30.1 Å². The van der Waals surface area contributed by atoms with E-state index >= 15 is 0 Å². The number of aliphatic hydroxyl groups excluding tert-OH is 2. The van der Waals surface area contributed by atoms with Crippen molar-refractivity contribution in [2.75, 3.05) is 6.61 Å². The van der Waals surface area contributed by atoms with E-state index in [4.69, 9.17) is 0 Å². The number of hydrogen-bond acceptors (Lipinski definition) is 2. The molecule has 2 rings (SSSR count). The Bertz CT molecular complexity index is 236. The lowest BCUT2D eigenvalue weighted by Crippen LogP contribution is -2.38. The fourth-order valence-corrected chi connectivity index (χ4v) is 3.61. The Morgan fingerprint density at radius 3 is 2.08 bits per heavy atom. The quantitative estimate of drug-likeness (QED) is 0.649. The molecule has 2 fully saturated rings. The van der Waals surface area contributed by atoms with E-state index in [2.05, 4.69) is 20.8 Å². The van der Waals surface area contributed by atoms with E-state index in [1.54, 1.807) is 0 Å². The summed E-state index contributed by atoms with van der Waals surface area (Å²) >= 11 is 0. The van der Waals surface area contributed by atoms with Crippen molar-refractivity contribution >= 4 is 0 Å². The summed E-state index contributed by atoms with van der Waals surface area (Å²) in [5.41, 5.74) is 0.0884. The van der Waals surface area contributed by atoms with Crippen molar-refractivity contribution in [1.82, 2.24) is 0 Å². The van der Waals surface area contributed by atoms with Gasteiger partial charge in [0.1, 0.15) is 0 Å². The molecule has 0 aromatic rings. The van der Waals surface area contributed by atoms with E-state index in [1.165, 1.54) is 0 Å². The summed E-state index contributed by atoms with van der Waals surface area (Å²) in [6.45, 7) is 6.80. The topological polar surface area (TPSA) is 40.5 Å². The summed E-state index contributed by atoms with van der Waals surface area (Å²) in [6, 6.07) is 0. The van der Waals surface area contributed by atoms with Crippen LogP contribution in [-0.4, -0.2) is 22.9 Å². The molecule has 2 heteroatoms. The van der Waals surface area contributed by atoms with Crippen molar-refractivity contribution < 1.29 is 10.2 Å². The Morgan fingerprint density at radius 1 is 1.23 bits per heavy atom. The molecule has 2 aliphatic rings. The van der Waals surface area contributed by atoms with Crippen LogP contribution in [0, 0.1) is 16.2 Å². The molecule has 0 aromatic heterocycles. The Hall–Kier alpha value is -0.0800. The van der Waals surface area contributed by atoms with E-state index in [1.807, 2.05) is 0 Å². The van der Waals surface area contributed by atoms with Crippen LogP contribution in [0.4, 0.5) is 0 Å². The first-order valence-electron chi connectivity index (χ1n) is 5.19. The van der Waals surface area contributed by atoms with Crippen molar-refractivity contribution in [1.29, 1.82) is 0 Å². The van der Waals surface area contributed by atoms with Crippen LogP contribution in [-0.2, 0) is 0 Å². The molecule has 2 saturated carbocycles. The zero-order valence-corrected chi connectivity index (χ0v) is 8.80. The molecular formula is C11H20O2. The number of aliphatic hydroxyl groups is 2. The maximum atomic E-state index is 10.00. The summed E-state index contributed by atoms with van der Waals surface area (Å²) in [4.78, 5) is 0. The molecule has 13 heavy (non-hydrogen) atoms. The highest BCUT2D eigenvalue weighted by Gasteiger charge is 2.68. The van der Waals surface area contributed by atoms with Gasteiger partial charge in [-0.3, -0.25) is 0 Å². The molecule has 0 radical (unpaired) electrons. The second kappa shape index (κ2) is 2.29. The van der Waals surface area contributed by atoms with E-state index in [0.717, 1.165) is 19.3 Å². The van der Waals surface area contributed by atoms with Crippen LogP contribution >= 0.6 is 0 Å². The number of rotatable bonds is 1. The van der Waals surface area contributed by atoms with Gasteiger partial charge in [0.25, 0.3) is 0 Å². The second-order valence-corrected chi connectivity index (χ2v) is 5.70. The standard InChI is InChI=1S/C11H20O2/c1-9(2)10(3)4-5-11(9,7-12)6-8(10)13/h8,12-13H,4-7H2,1-3H3/t8-,10-,11-/m0/s1. The van der Waals surface area contributed by atoms with Crippen molar-refractivity contribution in [2.45, 2.75) is 46.1 Å². The third kappa shape index (κ3) is 0.774. The summed E-state index contributed by atoms with van der Waals surface area (Å²) in [6.07, 6.45) is 2.70. The number of fused-ring (bicyclic) bond motifs is 2. The van der Waals surface area contributed by atoms with Crippen molar-refractivity contribution in [3.8, 4) is 0 Å². The molecule has 2 bridgehead atoms. The molecule has 0 saturated heterocycles. The molecule has 0 unspecified atom stereocenters. The Balaban J connectivity index is 2.46. The third-order valence-electron chi connectivity index (χ3n) is 5.50. The van der Waals surface area contributed by atoms with Crippen LogP contribution in [0.15, 0.2) is 0 Å². The smallest absolute Gasteiger partial charge is 0.0605 e. The minimum absolute atomic E-state index is 0.0127. The summed E-state index contributed by atoms with van der Waals surface area (Å²) in [5.74, 6) is 0. The highest BCUT2D eigenvalue weighted by Crippen LogP contribution is 2.71. The lowest BCUT2D eigenvalue weighted by Gasteiger charge is -2.40. The minimum Gasteiger partial charge on any atom is -0.396 e. The van der Waals surface area contributed by atoms with Gasteiger partial charge >= 0.3 is 0 Å². The monoisotopic (exact) mass is 184 g/mol. The number of hydrogen-bond donors (Lipinski definition) is 2. The predicted molar refractivity (Wildman–Crippen MR) is 51.3 cm³/mol. The van der Waals surface area contributed by atoms with Crippen LogP contribution < -0.4 is 0 Å². The first kappa shape index (κ1) is 9.47. The molecule has 0 aliphatic heterocycles. The zero-order chi connectivity index (χ0) is 9.91. The van der Waals surface area contributed by atoms with Crippen LogP contribution in [0.2, 0.25) is 0 Å². The molecule has 2 aliphatic carbocycles. The molecule has 2 nitrogen and oxygen atoms in total. The lowest BCUT2D eigenvalue weighted by molar-refractivity contribution is 0.00712. The van der Waals surface area contributed by atoms with E-state index in [-0.39, 0.29) is 29.0 Å². The van der Waals surface area contributed by atoms with Gasteiger partial charge in [-0.25, -0.2) is 0 Å². The molecule has 76 valence electrons. The van der Waals surface area contributed by atoms with Gasteiger partial charge < -0.3 is 10.2 Å². The summed E-state index contributed by atoms with van der Waals surface area (Å²) in [7, 11) is 0. The first-order valence-corrected chi connectivity index (χ1v) is 5.19. The predicted octanol–water partition coefficient (Wildman–Crippen LogP) is 1.56. The third-order valence-corrected chi connectivity index (χ3v) is 5.50. The van der Waals surface area contributed by atoms with Gasteiger partial charge in [0.05, 0.1) is 6.10 Å². The Labute approximate surface area is 80.0 Å². The Kier molecular flexibility index (Phi) is 1.67. The lowest BCUT2D eigenvalue weighted by atomic mass is 9.65. The first-order chi connectivity index (χ1) is 5.90. The van der Waals surface area contributed by atoms with Crippen LogP contribution in [0.1, 0.15) is 40.0 Å². The fraction of sp³-hybridized carbons (Fsp3) is 1.00. The van der Waals surface area contributed by atoms with Gasteiger partial charge in [0.2, 0.25) is 0 Å². The van der Waals surface area contributed by atoms with Crippen LogP contribution in [0.25, 0.3) is 0 Å². The Morgan fingerprint density at radius 2 is 1.85 bits per heavy atom. The van der Waals surface area contributed by atoms with Gasteiger partial charge in [0.15, 0.2) is 0 Å². The van der Waals surface area contributed by atoms with Crippen LogP contribution in [0.5, 0.6) is 0 Å². The average molecular weight is 184 g/mol. The SMILES string of the molecule is CC1(C)[C@@]2(CO)CC[C@@]1(C)[C@@H](O)C2. The molecule has 0 spiro atoms. The highest BCUT2D eigenvalue weighted by molar-refractivity contribution is 5.17. The molecular weight excluding hydrogens is 164 g/mol. The van der Waals surface area contributed by atoms with Gasteiger partial charge in [-0.15, -0.1) is 0 Å². The zero-order valence-electron chi connectivity index (χ0n) is 8.80. The van der Waals surface area contributed by atoms with E-state index < -0.39 is 0 Å². The summed E-state index contributed by atoms with van der Waals surface area (Å²) < 4.78 is 0. The van der Waals surface area contributed by atoms with E-state index in [0.29, 0.717) is 0 Å². The largest absolute Gasteiger partial charge is 0.396 e. The van der Waals surface area contributed by atoms with E-state index in [9.17, 15) is 10.2 Å². The molecule has 0 aromatic carbocycles. The van der Waals surface area contributed by atoms with Crippen molar-refractivity contribution in [3.05, 3.63) is 0 Å². The molecule has 0 amide bonds. The second-order valence-electron chi connectivity index (χ2n) is 5.70. The molecule has 0 heterocycles. The maximum absolute atomic E-state index is 10.00. The average Bonchev–Trinajstić information content (AvgIpc) is 2.34. The summed E-state index contributed by atoms with van der Waals surface area (Å²) in [5, 5.41) is 19.5. The molecule has 3 atom stereocenters. The van der Waals surface area contributed by atoms with Crippen molar-refractivity contribution in [3.63, 3.8) is 0 Å². The maximum Gasteiger partial charge on any atom is 0.0605 e. The van der Waals surface area contributed by atoms with Crippen molar-refractivity contribution in [2.24, 2.45) is 16.2 Å². The normalized spacial score (nSPS) is 52.8. The van der Waals surface area contributed by atoms with Gasteiger partial charge in [0, 0.05) is 12.0 Å². The van der Waals surface area contributed by atoms with Crippen LogP contribution in [0.3, 0.4) is 0 Å². The van der Waals surface area contributed by atoms with Gasteiger partial charge in [-0.2, -0.15) is 0 Å². The highest BCUT2D eigenvalue weighted by atomic mass is 16.3. The molecule has 2 N–H and O–H groups in total. The minimum atomic E-state index is -0.219.